The molecule has 0 saturated carbocycles. The molecule has 1 aliphatic heterocycles. The van der Waals surface area contributed by atoms with Gasteiger partial charge in [0.05, 0.1) is 23.7 Å². The molecule has 0 amide bonds. The van der Waals surface area contributed by atoms with Crippen LogP contribution in [-0.2, 0) is 11.3 Å². The zero-order valence-electron chi connectivity index (χ0n) is 25.0. The molecule has 0 radical (unpaired) electrons. The summed E-state index contributed by atoms with van der Waals surface area (Å²) >= 11 is 0. The van der Waals surface area contributed by atoms with Gasteiger partial charge < -0.3 is 14.4 Å². The first-order valence-corrected chi connectivity index (χ1v) is 13.8. The Kier molecular flexibility index (Phi) is 13.1. The fraction of sp³-hybridized carbons (Fsp3) is 0.257. The van der Waals surface area contributed by atoms with Crippen molar-refractivity contribution < 1.29 is 9.84 Å². The lowest BCUT2D eigenvalue weighted by Crippen LogP contribution is -2.26. The monoisotopic (exact) mass is 552 g/mol. The SMILES string of the molecule is C=C/C=C\N=C(C=C)N1/C(=C/C(O)=C/C(C)/C=C\C=C/C(=C)OC(=C)C)Cn2c1nc(/C=C\CCC(=C)CC)c2C. The van der Waals surface area contributed by atoms with Gasteiger partial charge in [0.1, 0.15) is 17.4 Å². The quantitative estimate of drug-likeness (QED) is 0.0774. The van der Waals surface area contributed by atoms with Gasteiger partial charge in [-0.3, -0.25) is 4.90 Å². The Morgan fingerprint density at radius 2 is 1.95 bits per heavy atom. The van der Waals surface area contributed by atoms with Crippen molar-refractivity contribution in [2.45, 2.75) is 53.5 Å². The molecule has 0 spiro atoms. The van der Waals surface area contributed by atoms with Crippen LogP contribution in [-0.4, -0.2) is 20.5 Å². The lowest BCUT2D eigenvalue weighted by Gasteiger charge is -2.18. The minimum atomic E-state index is -0.0240. The molecule has 0 aliphatic carbocycles. The number of nitrogens with zero attached hydrogens (tertiary/aromatic N) is 4. The second-order valence-corrected chi connectivity index (χ2v) is 9.72. The van der Waals surface area contributed by atoms with E-state index in [1.807, 2.05) is 30.1 Å². The number of allylic oxidation sites excluding steroid dienone is 12. The molecule has 1 N–H and O–H groups in total. The number of ether oxygens (including phenoxy) is 1. The Morgan fingerprint density at radius 3 is 2.61 bits per heavy atom. The van der Waals surface area contributed by atoms with E-state index in [1.165, 1.54) is 5.57 Å². The first-order valence-electron chi connectivity index (χ1n) is 13.8. The number of hydrogen-bond donors (Lipinski definition) is 1. The van der Waals surface area contributed by atoms with Gasteiger partial charge in [-0.25, -0.2) is 9.98 Å². The standard InChI is InChI=1S/C35H44N4O2/c1-10-13-22-36-34(12-3)39-31(24-32(40)23-28(7)19-14-16-20-29(8)41-26(4)5)25-38-30(9)33(37-35(38)39)21-17-15-18-27(6)11-2/h10,12-14,16-17,19-24,28,40H,1,3-4,6,8,11,15,18,25H2,2,5,7,9H3/b19-14-,20-16-,21-17-,22-13-,31-24+,32-23-,36-34?. The van der Waals surface area contributed by atoms with E-state index < -0.39 is 0 Å². The molecule has 0 fully saturated rings. The summed E-state index contributed by atoms with van der Waals surface area (Å²) in [6, 6.07) is 0. The molecular weight excluding hydrogens is 508 g/mol. The maximum Gasteiger partial charge on any atom is 0.216 e. The molecular formula is C35H44N4O2. The van der Waals surface area contributed by atoms with Gasteiger partial charge in [-0.1, -0.05) is 82.7 Å². The zero-order valence-corrected chi connectivity index (χ0v) is 25.0. The van der Waals surface area contributed by atoms with Crippen LogP contribution in [0.1, 0.15) is 51.4 Å². The van der Waals surface area contributed by atoms with Gasteiger partial charge in [0.2, 0.25) is 5.95 Å². The Balaban J connectivity index is 2.34. The predicted octanol–water partition coefficient (Wildman–Crippen LogP) is 9.19. The fourth-order valence-corrected chi connectivity index (χ4v) is 4.02. The van der Waals surface area contributed by atoms with Gasteiger partial charge in [0.15, 0.2) is 0 Å². The van der Waals surface area contributed by atoms with E-state index in [4.69, 9.17) is 9.72 Å². The number of aliphatic hydroxyl groups excluding tert-OH is 1. The van der Waals surface area contributed by atoms with Crippen LogP contribution in [0.5, 0.6) is 0 Å². The van der Waals surface area contributed by atoms with E-state index >= 15 is 0 Å². The van der Waals surface area contributed by atoms with E-state index in [0.29, 0.717) is 23.9 Å². The van der Waals surface area contributed by atoms with Crippen molar-refractivity contribution in [1.29, 1.82) is 0 Å². The van der Waals surface area contributed by atoms with Gasteiger partial charge in [0.25, 0.3) is 0 Å². The number of rotatable bonds is 15. The molecule has 1 atom stereocenters. The third-order valence-electron chi connectivity index (χ3n) is 6.19. The van der Waals surface area contributed by atoms with E-state index in [1.54, 1.807) is 49.6 Å². The molecule has 0 saturated heterocycles. The van der Waals surface area contributed by atoms with Crippen LogP contribution in [0.15, 0.2) is 133 Å². The Labute approximate surface area is 246 Å². The number of anilines is 1. The summed E-state index contributed by atoms with van der Waals surface area (Å²) in [7, 11) is 0. The predicted molar refractivity (Wildman–Crippen MR) is 175 cm³/mol. The molecule has 1 aromatic rings. The van der Waals surface area contributed by atoms with E-state index in [9.17, 15) is 5.11 Å². The molecule has 216 valence electrons. The van der Waals surface area contributed by atoms with Crippen molar-refractivity contribution in [1.82, 2.24) is 9.55 Å². The highest BCUT2D eigenvalue weighted by Crippen LogP contribution is 2.33. The van der Waals surface area contributed by atoms with Crippen LogP contribution in [0.4, 0.5) is 5.95 Å². The lowest BCUT2D eigenvalue weighted by molar-refractivity contribution is 0.326. The van der Waals surface area contributed by atoms with Crippen molar-refractivity contribution in [3.8, 4) is 0 Å². The van der Waals surface area contributed by atoms with Crippen molar-refractivity contribution in [2.75, 3.05) is 4.90 Å². The molecule has 0 bridgehead atoms. The summed E-state index contributed by atoms with van der Waals surface area (Å²) in [4.78, 5) is 11.4. The second kappa shape index (κ2) is 16.5. The Bertz CT molecular complexity index is 1360. The van der Waals surface area contributed by atoms with Crippen LogP contribution >= 0.6 is 0 Å². The number of fused-ring (bicyclic) bond motifs is 1. The van der Waals surface area contributed by atoms with Crippen LogP contribution in [0.3, 0.4) is 0 Å². The molecule has 2 heterocycles. The first kappa shape index (κ1) is 32.6. The average molecular weight is 553 g/mol. The average Bonchev–Trinajstić information content (AvgIpc) is 3.41. The van der Waals surface area contributed by atoms with Crippen molar-refractivity contribution in [3.05, 3.63) is 140 Å². The molecule has 41 heavy (non-hydrogen) atoms. The minimum Gasteiger partial charge on any atom is -0.508 e. The summed E-state index contributed by atoms with van der Waals surface area (Å²) in [5.41, 5.74) is 4.01. The zero-order chi connectivity index (χ0) is 30.4. The summed E-state index contributed by atoms with van der Waals surface area (Å²) in [6.45, 7) is 27.7. The van der Waals surface area contributed by atoms with Gasteiger partial charge in [-0.15, -0.1) is 0 Å². The summed E-state index contributed by atoms with van der Waals surface area (Å²) in [5, 5.41) is 10.9. The third-order valence-corrected chi connectivity index (χ3v) is 6.19. The fourth-order valence-electron chi connectivity index (χ4n) is 4.02. The van der Waals surface area contributed by atoms with Crippen molar-refractivity contribution in [2.24, 2.45) is 10.9 Å². The maximum absolute atomic E-state index is 10.9. The smallest absolute Gasteiger partial charge is 0.216 e. The lowest BCUT2D eigenvalue weighted by atomic mass is 10.1. The van der Waals surface area contributed by atoms with E-state index in [2.05, 4.69) is 68.5 Å². The van der Waals surface area contributed by atoms with Gasteiger partial charge in [-0.2, -0.15) is 0 Å². The van der Waals surface area contributed by atoms with Crippen molar-refractivity contribution in [3.63, 3.8) is 0 Å². The number of aliphatic imine (C=N–C) groups is 1. The molecule has 0 aromatic carbocycles. The number of amidine groups is 1. The normalized spacial score (nSPS) is 15.9. The van der Waals surface area contributed by atoms with Crippen LogP contribution < -0.4 is 4.90 Å². The molecule has 6 nitrogen and oxygen atoms in total. The van der Waals surface area contributed by atoms with Gasteiger partial charge in [-0.05, 0) is 69.4 Å². The van der Waals surface area contributed by atoms with Crippen LogP contribution in [0.2, 0.25) is 0 Å². The van der Waals surface area contributed by atoms with E-state index in [-0.39, 0.29) is 11.7 Å². The summed E-state index contributed by atoms with van der Waals surface area (Å²) in [6.07, 6.45) is 24.8. The minimum absolute atomic E-state index is 0.0240. The molecule has 1 aromatic heterocycles. The Morgan fingerprint density at radius 1 is 1.20 bits per heavy atom. The van der Waals surface area contributed by atoms with Crippen LogP contribution in [0, 0.1) is 12.8 Å². The number of aliphatic hydroxyl groups is 1. The van der Waals surface area contributed by atoms with Gasteiger partial charge in [0, 0.05) is 18.0 Å². The maximum atomic E-state index is 10.9. The highest BCUT2D eigenvalue weighted by Gasteiger charge is 2.31. The molecule has 2 rings (SSSR count). The summed E-state index contributed by atoms with van der Waals surface area (Å²) < 4.78 is 7.44. The van der Waals surface area contributed by atoms with E-state index in [0.717, 1.165) is 42.3 Å². The topological polar surface area (TPSA) is 62.9 Å². The van der Waals surface area contributed by atoms with Crippen molar-refractivity contribution >= 4 is 17.9 Å². The highest BCUT2D eigenvalue weighted by atomic mass is 16.5. The van der Waals surface area contributed by atoms with Crippen LogP contribution in [0.25, 0.3) is 6.08 Å². The number of imidazole rings is 1. The second-order valence-electron chi connectivity index (χ2n) is 9.72. The number of hydrogen-bond acceptors (Lipinski definition) is 4. The molecule has 1 unspecified atom stereocenters. The first-order chi connectivity index (χ1) is 19.6. The largest absolute Gasteiger partial charge is 0.508 e. The molecule has 1 aliphatic rings. The third kappa shape index (κ3) is 10.2. The number of aromatic nitrogens is 2. The summed E-state index contributed by atoms with van der Waals surface area (Å²) in [5.74, 6) is 2.53. The highest BCUT2D eigenvalue weighted by molar-refractivity contribution is 6.07. The molecule has 6 heteroatoms. The Hall–Kier alpha value is -4.58. The van der Waals surface area contributed by atoms with Gasteiger partial charge >= 0.3 is 0 Å².